The Balaban J connectivity index is 2.19. The number of H-pyrrole nitrogens is 1. The second-order valence-corrected chi connectivity index (χ2v) is 7.34. The summed E-state index contributed by atoms with van der Waals surface area (Å²) in [6, 6.07) is 14.2. The number of anilines is 1. The van der Waals surface area contributed by atoms with Crippen LogP contribution in [0.15, 0.2) is 46.9 Å². The molecular weight excluding hydrogens is 428 g/mol. The molecule has 4 aromatic rings. The van der Waals surface area contributed by atoms with Gasteiger partial charge in [0, 0.05) is 28.6 Å². The number of aromatic amines is 1. The van der Waals surface area contributed by atoms with E-state index in [0.29, 0.717) is 10.8 Å². The van der Waals surface area contributed by atoms with Crippen LogP contribution in [-0.2, 0) is 0 Å². The third kappa shape index (κ3) is 3.00. The molecule has 2 aromatic carbocycles. The van der Waals surface area contributed by atoms with Crippen LogP contribution >= 0.6 is 27.5 Å². The second kappa shape index (κ2) is 7.32. The van der Waals surface area contributed by atoms with Crippen LogP contribution in [0.2, 0.25) is 5.02 Å². The van der Waals surface area contributed by atoms with Gasteiger partial charge in [0.05, 0.1) is 16.2 Å². The van der Waals surface area contributed by atoms with Crippen LogP contribution < -0.4 is 4.90 Å². The molecule has 0 aliphatic carbocycles. The molecule has 4 rings (SSSR count). The first kappa shape index (κ1) is 18.0. The second-order valence-electron chi connectivity index (χ2n) is 6.07. The normalized spacial score (nSPS) is 11.3. The van der Waals surface area contributed by atoms with Crippen LogP contribution in [-0.4, -0.2) is 38.3 Å². The maximum Gasteiger partial charge on any atom is 0.198 e. The summed E-state index contributed by atoms with van der Waals surface area (Å²) in [6.07, 6.45) is 0. The van der Waals surface area contributed by atoms with E-state index >= 15 is 0 Å². The largest absolute Gasteiger partial charge is 0.370 e. The van der Waals surface area contributed by atoms with Gasteiger partial charge in [-0.15, -0.1) is 5.10 Å². The number of hydrogen-bond acceptors (Lipinski definition) is 4. The lowest BCUT2D eigenvalue weighted by Crippen LogP contribution is -2.22. The number of nitrogens with one attached hydrogen (secondary N) is 1. The van der Waals surface area contributed by atoms with Gasteiger partial charge in [0.25, 0.3) is 0 Å². The summed E-state index contributed by atoms with van der Waals surface area (Å²) in [6.45, 7) is 5.98. The minimum Gasteiger partial charge on any atom is -0.370 e. The standard InChI is InChI=1S/C19H18BrClN6/c1-3-26(4-2)17-13-10-15(21)14(20)11-16(13)27(12-8-6-5-7-9-12)18(17)19-22-24-25-23-19/h5-11H,3-4H2,1-2H3,(H,22,23,24,25). The van der Waals surface area contributed by atoms with Crippen LogP contribution in [0.4, 0.5) is 5.69 Å². The van der Waals surface area contributed by atoms with E-state index in [1.165, 1.54) is 0 Å². The summed E-state index contributed by atoms with van der Waals surface area (Å²) in [5.74, 6) is 0.615. The minimum absolute atomic E-state index is 0.615. The molecule has 27 heavy (non-hydrogen) atoms. The first-order chi connectivity index (χ1) is 13.2. The highest BCUT2D eigenvalue weighted by Gasteiger charge is 2.25. The lowest BCUT2D eigenvalue weighted by Gasteiger charge is -2.22. The van der Waals surface area contributed by atoms with Crippen molar-refractivity contribution < 1.29 is 0 Å². The quantitative estimate of drug-likeness (QED) is 0.466. The van der Waals surface area contributed by atoms with Gasteiger partial charge < -0.3 is 9.47 Å². The summed E-state index contributed by atoms with van der Waals surface area (Å²) >= 11 is 10.0. The number of aromatic nitrogens is 5. The topological polar surface area (TPSA) is 62.6 Å². The lowest BCUT2D eigenvalue weighted by atomic mass is 10.2. The Morgan fingerprint density at radius 3 is 2.52 bits per heavy atom. The summed E-state index contributed by atoms with van der Waals surface area (Å²) < 4.78 is 3.02. The van der Waals surface area contributed by atoms with Crippen molar-refractivity contribution >= 4 is 44.1 Å². The van der Waals surface area contributed by atoms with Gasteiger partial charge in [-0.25, -0.2) is 5.10 Å². The lowest BCUT2D eigenvalue weighted by molar-refractivity contribution is 0.867. The number of nitrogens with zero attached hydrogens (tertiary/aromatic N) is 5. The number of halogens is 2. The molecule has 0 unspecified atom stereocenters. The fourth-order valence-electron chi connectivity index (χ4n) is 3.45. The van der Waals surface area contributed by atoms with Crippen LogP contribution in [0.1, 0.15) is 13.8 Å². The van der Waals surface area contributed by atoms with Crippen molar-refractivity contribution in [2.24, 2.45) is 0 Å². The van der Waals surface area contributed by atoms with Crippen LogP contribution in [0.25, 0.3) is 28.1 Å². The van der Waals surface area contributed by atoms with Gasteiger partial charge in [-0.05, 0) is 64.5 Å². The molecule has 2 aromatic heterocycles. The molecule has 0 bridgehead atoms. The van der Waals surface area contributed by atoms with E-state index in [1.807, 2.05) is 30.3 Å². The molecule has 0 atom stereocenters. The average Bonchev–Trinajstić information content (AvgIpc) is 3.31. The van der Waals surface area contributed by atoms with E-state index in [1.54, 1.807) is 0 Å². The SMILES string of the molecule is CCN(CC)c1c(-c2nnn[nH]2)n(-c2ccccc2)c2cc(Br)c(Cl)cc12. The van der Waals surface area contributed by atoms with Crippen molar-refractivity contribution in [3.8, 4) is 17.2 Å². The van der Waals surface area contributed by atoms with Crippen LogP contribution in [0.5, 0.6) is 0 Å². The molecule has 6 nitrogen and oxygen atoms in total. The number of fused-ring (bicyclic) bond motifs is 1. The Morgan fingerprint density at radius 2 is 1.89 bits per heavy atom. The summed E-state index contributed by atoms with van der Waals surface area (Å²) in [7, 11) is 0. The maximum absolute atomic E-state index is 6.46. The highest BCUT2D eigenvalue weighted by molar-refractivity contribution is 9.10. The third-order valence-corrected chi connectivity index (χ3v) is 5.84. The zero-order valence-corrected chi connectivity index (χ0v) is 17.3. The van der Waals surface area contributed by atoms with Crippen molar-refractivity contribution in [3.63, 3.8) is 0 Å². The third-order valence-electron chi connectivity index (χ3n) is 4.65. The van der Waals surface area contributed by atoms with Gasteiger partial charge in [-0.3, -0.25) is 0 Å². The van der Waals surface area contributed by atoms with E-state index in [4.69, 9.17) is 11.6 Å². The molecule has 0 spiro atoms. The first-order valence-electron chi connectivity index (χ1n) is 8.73. The fraction of sp³-hybridized carbons (Fsp3) is 0.211. The van der Waals surface area contributed by atoms with Crippen LogP contribution in [0.3, 0.4) is 0 Å². The van der Waals surface area contributed by atoms with E-state index in [2.05, 4.69) is 72.0 Å². The molecule has 0 aliphatic heterocycles. The number of hydrogen-bond donors (Lipinski definition) is 1. The molecule has 8 heteroatoms. The minimum atomic E-state index is 0.615. The number of tetrazole rings is 1. The summed E-state index contributed by atoms with van der Waals surface area (Å²) in [5, 5.41) is 16.5. The Hall–Kier alpha value is -2.38. The van der Waals surface area contributed by atoms with Crippen molar-refractivity contribution in [2.75, 3.05) is 18.0 Å². The molecule has 0 radical (unpaired) electrons. The fourth-order valence-corrected chi connectivity index (χ4v) is 3.94. The van der Waals surface area contributed by atoms with E-state index < -0.39 is 0 Å². The Kier molecular flexibility index (Phi) is 4.88. The predicted octanol–water partition coefficient (Wildman–Crippen LogP) is 5.07. The molecule has 0 aliphatic rings. The van der Waals surface area contributed by atoms with Gasteiger partial charge in [-0.2, -0.15) is 0 Å². The average molecular weight is 446 g/mol. The van der Waals surface area contributed by atoms with Gasteiger partial charge in [0.2, 0.25) is 0 Å². The van der Waals surface area contributed by atoms with E-state index in [9.17, 15) is 0 Å². The number of rotatable bonds is 5. The molecular formula is C19H18BrClN6. The van der Waals surface area contributed by atoms with E-state index in [-0.39, 0.29) is 0 Å². The Morgan fingerprint density at radius 1 is 1.15 bits per heavy atom. The zero-order chi connectivity index (χ0) is 19.0. The molecule has 1 N–H and O–H groups in total. The smallest absolute Gasteiger partial charge is 0.198 e. The molecule has 0 fully saturated rings. The van der Waals surface area contributed by atoms with E-state index in [0.717, 1.165) is 45.5 Å². The number of benzene rings is 2. The molecule has 0 amide bonds. The first-order valence-corrected chi connectivity index (χ1v) is 9.90. The van der Waals surface area contributed by atoms with Gasteiger partial charge in [0.15, 0.2) is 5.82 Å². The Bertz CT molecular complexity index is 1070. The molecule has 2 heterocycles. The van der Waals surface area contributed by atoms with Crippen molar-refractivity contribution in [2.45, 2.75) is 13.8 Å². The highest BCUT2D eigenvalue weighted by atomic mass is 79.9. The predicted molar refractivity (Wildman–Crippen MR) is 113 cm³/mol. The van der Waals surface area contributed by atoms with Gasteiger partial charge in [-0.1, -0.05) is 29.8 Å². The van der Waals surface area contributed by atoms with Gasteiger partial charge in [0.1, 0.15) is 5.69 Å². The highest BCUT2D eigenvalue weighted by Crippen LogP contribution is 2.43. The van der Waals surface area contributed by atoms with Crippen LogP contribution in [0, 0.1) is 0 Å². The Labute approximate surface area is 170 Å². The van der Waals surface area contributed by atoms with Crippen molar-refractivity contribution in [1.29, 1.82) is 0 Å². The zero-order valence-electron chi connectivity index (χ0n) is 14.9. The molecule has 138 valence electrons. The number of para-hydroxylation sites is 1. The molecule has 0 saturated carbocycles. The summed E-state index contributed by atoms with van der Waals surface area (Å²) in [4.78, 5) is 2.30. The van der Waals surface area contributed by atoms with Crippen molar-refractivity contribution in [3.05, 3.63) is 52.0 Å². The summed E-state index contributed by atoms with van der Waals surface area (Å²) in [5.41, 5.74) is 4.04. The monoisotopic (exact) mass is 444 g/mol. The van der Waals surface area contributed by atoms with Gasteiger partial charge >= 0.3 is 0 Å². The molecule has 0 saturated heterocycles. The van der Waals surface area contributed by atoms with Crippen molar-refractivity contribution in [1.82, 2.24) is 25.2 Å². The maximum atomic E-state index is 6.46.